The first-order valence-electron chi connectivity index (χ1n) is 2.48. The van der Waals surface area contributed by atoms with E-state index in [1.54, 1.807) is 0 Å². The molecule has 6 heteroatoms. The lowest BCUT2D eigenvalue weighted by Crippen LogP contribution is -2.09. The van der Waals surface area contributed by atoms with Crippen molar-refractivity contribution in [3.05, 3.63) is 4.91 Å². The number of hydrogen-bond donors (Lipinski definition) is 1. The molecule has 0 aromatic rings. The summed E-state index contributed by atoms with van der Waals surface area (Å²) in [6, 6.07) is 0. The van der Waals surface area contributed by atoms with Crippen molar-refractivity contribution in [2.75, 3.05) is 6.61 Å². The van der Waals surface area contributed by atoms with Gasteiger partial charge in [-0.3, -0.25) is 0 Å². The van der Waals surface area contributed by atoms with Gasteiger partial charge in [-0.05, 0) is 11.6 Å². The van der Waals surface area contributed by atoms with Gasteiger partial charge in [-0.25, -0.2) is 4.84 Å². The molecule has 0 spiro atoms. The average Bonchev–Trinajstić information content (AvgIpc) is 1.91. The Morgan fingerprint density at radius 2 is 2.44 bits per heavy atom. The van der Waals surface area contributed by atoms with E-state index in [2.05, 4.69) is 15.3 Å². The van der Waals surface area contributed by atoms with Gasteiger partial charge in [-0.1, -0.05) is 6.92 Å². The van der Waals surface area contributed by atoms with Crippen molar-refractivity contribution in [3.63, 3.8) is 0 Å². The Hall–Kier alpha value is -1.04. The maximum absolute atomic E-state index is 9.58. The molecule has 0 bridgehead atoms. The van der Waals surface area contributed by atoms with Gasteiger partial charge in [-0.2, -0.15) is 5.53 Å². The minimum absolute atomic E-state index is 0.323. The Labute approximate surface area is 52.2 Å². The van der Waals surface area contributed by atoms with E-state index >= 15 is 0 Å². The molecule has 0 heterocycles. The smallest absolute Gasteiger partial charge is 0.105 e. The summed E-state index contributed by atoms with van der Waals surface area (Å²) in [6.07, 6.45) is 0.752. The Kier molecular flexibility index (Phi) is 4.51. The first-order chi connectivity index (χ1) is 4.35. The lowest BCUT2D eigenvalue weighted by molar-refractivity contribution is -0.168. The van der Waals surface area contributed by atoms with Gasteiger partial charge in [0.15, 0.2) is 0 Å². The average molecular weight is 132 g/mol. The molecule has 0 atom stereocenters. The molecular weight excluding hydrogens is 124 g/mol. The third-order valence-electron chi connectivity index (χ3n) is 0.566. The molecule has 0 aliphatic carbocycles. The summed E-state index contributed by atoms with van der Waals surface area (Å²) in [7, 11) is 0. The van der Waals surface area contributed by atoms with Crippen molar-refractivity contribution in [2.24, 2.45) is 10.5 Å². The fourth-order valence-corrected chi connectivity index (χ4v) is 0.244. The van der Waals surface area contributed by atoms with E-state index < -0.39 is 0 Å². The van der Waals surface area contributed by atoms with Crippen LogP contribution in [0, 0.1) is 10.4 Å². The van der Waals surface area contributed by atoms with Gasteiger partial charge in [0.25, 0.3) is 0 Å². The zero-order valence-corrected chi connectivity index (χ0v) is 5.07. The van der Waals surface area contributed by atoms with Crippen LogP contribution in [0.2, 0.25) is 0 Å². The van der Waals surface area contributed by atoms with Crippen molar-refractivity contribution >= 4 is 0 Å². The van der Waals surface area contributed by atoms with Crippen LogP contribution in [0.3, 0.4) is 0 Å². The van der Waals surface area contributed by atoms with Gasteiger partial charge in [0.1, 0.15) is 5.29 Å². The van der Waals surface area contributed by atoms with E-state index in [1.807, 2.05) is 6.92 Å². The van der Waals surface area contributed by atoms with Crippen molar-refractivity contribution in [1.82, 2.24) is 5.28 Å². The molecule has 1 N–H and O–H groups in total. The van der Waals surface area contributed by atoms with Crippen molar-refractivity contribution < 1.29 is 4.84 Å². The molecule has 0 aromatic carbocycles. The van der Waals surface area contributed by atoms with E-state index in [4.69, 9.17) is 5.53 Å². The second-order valence-corrected chi connectivity index (χ2v) is 1.27. The summed E-state index contributed by atoms with van der Waals surface area (Å²) < 4.78 is 0. The fourth-order valence-electron chi connectivity index (χ4n) is 0.244. The monoisotopic (exact) mass is 132 g/mol. The maximum atomic E-state index is 9.58. The predicted octanol–water partition coefficient (Wildman–Crippen LogP) is 1.26. The van der Waals surface area contributed by atoms with Crippen LogP contribution in [-0.4, -0.2) is 11.9 Å². The van der Waals surface area contributed by atoms with Gasteiger partial charge in [0.05, 0.1) is 6.61 Å². The summed E-state index contributed by atoms with van der Waals surface area (Å²) in [5.74, 6) is 0. The number of nitroso groups, excluding NO2 is 1. The van der Waals surface area contributed by atoms with E-state index in [0.29, 0.717) is 11.9 Å². The highest BCUT2D eigenvalue weighted by molar-refractivity contribution is 4.19. The van der Waals surface area contributed by atoms with Crippen LogP contribution in [0.5, 0.6) is 0 Å². The minimum Gasteiger partial charge on any atom is -0.232 e. The van der Waals surface area contributed by atoms with Gasteiger partial charge >= 0.3 is 0 Å². The van der Waals surface area contributed by atoms with Gasteiger partial charge in [0, 0.05) is 5.28 Å². The third-order valence-corrected chi connectivity index (χ3v) is 0.566. The highest BCUT2D eigenvalue weighted by Gasteiger charge is 1.95. The highest BCUT2D eigenvalue weighted by Crippen LogP contribution is 1.91. The lowest BCUT2D eigenvalue weighted by atomic mass is 10.5. The molecule has 0 saturated carbocycles. The summed E-state index contributed by atoms with van der Waals surface area (Å²) >= 11 is 0. The summed E-state index contributed by atoms with van der Waals surface area (Å²) in [4.78, 5) is 14.1. The quantitative estimate of drug-likeness (QED) is 0.347. The Morgan fingerprint density at radius 3 is 2.78 bits per heavy atom. The molecule has 6 nitrogen and oxygen atoms in total. The summed E-state index contributed by atoms with van der Waals surface area (Å²) in [5, 5.41) is 5.20. The number of nitrogens with zero attached hydrogens (tertiary/aromatic N) is 3. The zero-order chi connectivity index (χ0) is 7.11. The molecule has 0 aliphatic heterocycles. The topological polar surface area (TPSA) is 78.1 Å². The molecule has 0 saturated heterocycles. The number of hydrogen-bond acceptors (Lipinski definition) is 5. The molecular formula is C3H8N4O2. The molecule has 52 valence electrons. The molecule has 0 rings (SSSR count). The van der Waals surface area contributed by atoms with Gasteiger partial charge < -0.3 is 0 Å². The molecule has 0 fully saturated rings. The fraction of sp³-hybridized carbons (Fsp3) is 1.00. The molecule has 9 heavy (non-hydrogen) atoms. The second-order valence-electron chi connectivity index (χ2n) is 1.27. The van der Waals surface area contributed by atoms with Crippen LogP contribution in [-0.2, 0) is 4.84 Å². The largest absolute Gasteiger partial charge is 0.232 e. The molecule has 0 radical (unpaired) electrons. The maximum Gasteiger partial charge on any atom is 0.105 e. The Morgan fingerprint density at radius 1 is 1.78 bits per heavy atom. The SMILES string of the molecule is CCCON(N=N)N=O. The number of rotatable bonds is 5. The minimum atomic E-state index is 0.323. The van der Waals surface area contributed by atoms with Crippen LogP contribution >= 0.6 is 0 Å². The zero-order valence-electron chi connectivity index (χ0n) is 5.07. The van der Waals surface area contributed by atoms with Gasteiger partial charge in [0.2, 0.25) is 0 Å². The predicted molar refractivity (Wildman–Crippen MR) is 29.0 cm³/mol. The van der Waals surface area contributed by atoms with Crippen LogP contribution in [0.15, 0.2) is 10.5 Å². The van der Waals surface area contributed by atoms with E-state index in [0.717, 1.165) is 6.42 Å². The lowest BCUT2D eigenvalue weighted by Gasteiger charge is -2.02. The van der Waals surface area contributed by atoms with E-state index in [9.17, 15) is 4.91 Å². The molecule has 0 aromatic heterocycles. The second kappa shape index (κ2) is 5.10. The van der Waals surface area contributed by atoms with Gasteiger partial charge in [-0.15, -0.1) is 4.91 Å². The van der Waals surface area contributed by atoms with Crippen LogP contribution < -0.4 is 0 Å². The summed E-state index contributed by atoms with van der Waals surface area (Å²) in [5.41, 5.74) is 6.27. The molecule has 0 amide bonds. The normalized spacial score (nSPS) is 8.56. The Balaban J connectivity index is 3.30. The van der Waals surface area contributed by atoms with E-state index in [1.165, 1.54) is 0 Å². The van der Waals surface area contributed by atoms with Crippen molar-refractivity contribution in [2.45, 2.75) is 13.3 Å². The summed E-state index contributed by atoms with van der Waals surface area (Å²) in [6.45, 7) is 2.21. The van der Waals surface area contributed by atoms with Crippen molar-refractivity contribution in [3.8, 4) is 0 Å². The van der Waals surface area contributed by atoms with Crippen LogP contribution in [0.25, 0.3) is 0 Å². The van der Waals surface area contributed by atoms with E-state index in [-0.39, 0.29) is 0 Å². The number of nitrogens with one attached hydrogen (secondary N) is 1. The first-order valence-corrected chi connectivity index (χ1v) is 2.48. The highest BCUT2D eigenvalue weighted by atomic mass is 16.8. The third kappa shape index (κ3) is 3.53. The van der Waals surface area contributed by atoms with Crippen LogP contribution in [0.4, 0.5) is 0 Å². The Bertz CT molecular complexity index is 87.8. The van der Waals surface area contributed by atoms with Crippen LogP contribution in [0.1, 0.15) is 13.3 Å². The standard InChI is InChI=1S/C3H8N4O2/c1-2-3-9-7(5-4)6-8/h4H,2-3H2,1H3. The first kappa shape index (κ1) is 7.96. The molecule has 0 aliphatic rings. The van der Waals surface area contributed by atoms with Crippen molar-refractivity contribution in [1.29, 1.82) is 5.53 Å². The molecule has 0 unspecified atom stereocenters.